The number of carbonyl (C=O) groups is 3. The topological polar surface area (TPSA) is 95.9 Å². The fourth-order valence-corrected chi connectivity index (χ4v) is 3.69. The van der Waals surface area contributed by atoms with Crippen LogP contribution in [0.4, 0.5) is 11.6 Å². The lowest BCUT2D eigenvalue weighted by Gasteiger charge is -2.34. The van der Waals surface area contributed by atoms with E-state index in [1.807, 2.05) is 4.90 Å². The van der Waals surface area contributed by atoms with Crippen LogP contribution in [0.2, 0.25) is 0 Å². The number of anilines is 2. The number of amides is 2. The molecule has 2 fully saturated rings. The first-order valence-electron chi connectivity index (χ1n) is 10.00. The van der Waals surface area contributed by atoms with Crippen molar-refractivity contribution >= 4 is 29.4 Å². The Balaban J connectivity index is 1.32. The summed E-state index contributed by atoms with van der Waals surface area (Å²) in [5, 5.41) is 0. The van der Waals surface area contributed by atoms with Crippen molar-refractivity contribution < 1.29 is 19.1 Å². The summed E-state index contributed by atoms with van der Waals surface area (Å²) in [5.41, 5.74) is 0.834. The van der Waals surface area contributed by atoms with E-state index >= 15 is 0 Å². The van der Waals surface area contributed by atoms with E-state index in [-0.39, 0.29) is 18.4 Å². The number of rotatable bonds is 5. The molecule has 0 unspecified atom stereocenters. The van der Waals surface area contributed by atoms with Gasteiger partial charge in [-0.05, 0) is 24.6 Å². The van der Waals surface area contributed by atoms with Crippen LogP contribution in [0.1, 0.15) is 23.2 Å². The van der Waals surface area contributed by atoms with Gasteiger partial charge in [-0.15, -0.1) is 0 Å². The molecule has 0 radical (unpaired) electrons. The van der Waals surface area contributed by atoms with E-state index in [1.165, 1.54) is 0 Å². The second kappa shape index (κ2) is 8.89. The monoisotopic (exact) mass is 409 g/mol. The number of para-hydroxylation sites is 1. The summed E-state index contributed by atoms with van der Waals surface area (Å²) in [6, 6.07) is 8.60. The maximum atomic E-state index is 12.6. The molecule has 0 aliphatic carbocycles. The van der Waals surface area contributed by atoms with Crippen LogP contribution in [0, 0.1) is 0 Å². The Morgan fingerprint density at radius 2 is 1.70 bits per heavy atom. The first kappa shape index (κ1) is 19.8. The average Bonchev–Trinajstić information content (AvgIpc) is 3.23. The second-order valence-electron chi connectivity index (χ2n) is 7.16. The fraction of sp³-hybridized carbons (Fsp3) is 0.381. The maximum absolute atomic E-state index is 12.6. The van der Waals surface area contributed by atoms with Gasteiger partial charge < -0.3 is 19.4 Å². The van der Waals surface area contributed by atoms with Gasteiger partial charge in [-0.3, -0.25) is 9.59 Å². The Bertz CT molecular complexity index is 928. The van der Waals surface area contributed by atoms with Crippen LogP contribution in [0.15, 0.2) is 42.7 Å². The van der Waals surface area contributed by atoms with Crippen LogP contribution in [-0.4, -0.2) is 72.0 Å². The summed E-state index contributed by atoms with van der Waals surface area (Å²) in [5.74, 6) is -0.211. The summed E-state index contributed by atoms with van der Waals surface area (Å²) in [6.07, 6.45) is 4.61. The molecule has 2 aliphatic rings. The van der Waals surface area contributed by atoms with E-state index in [2.05, 4.69) is 9.97 Å². The van der Waals surface area contributed by atoms with E-state index in [0.717, 1.165) is 6.42 Å². The van der Waals surface area contributed by atoms with E-state index in [0.29, 0.717) is 56.3 Å². The number of carbonyl (C=O) groups excluding carboxylic acids is 3. The average molecular weight is 409 g/mol. The normalized spacial score (nSPS) is 16.7. The quantitative estimate of drug-likeness (QED) is 0.683. The third-order valence-corrected chi connectivity index (χ3v) is 5.28. The number of benzene rings is 1. The molecule has 0 bridgehead atoms. The highest BCUT2D eigenvalue weighted by Gasteiger charge is 2.27. The van der Waals surface area contributed by atoms with Crippen LogP contribution in [0.5, 0.6) is 0 Å². The molecule has 9 heteroatoms. The predicted molar refractivity (Wildman–Crippen MR) is 109 cm³/mol. The van der Waals surface area contributed by atoms with Gasteiger partial charge >= 0.3 is 5.97 Å². The molecule has 0 N–H and O–H groups in total. The molecule has 0 atom stereocenters. The third-order valence-electron chi connectivity index (χ3n) is 5.28. The standard InChI is InChI=1S/C21H23N5O4/c27-18-7-3-10-26(18)17-6-2-1-5-16(17)20(29)30-15-19(28)24-11-13-25(14-12-24)21-22-8-4-9-23-21/h1-2,4-6,8-9H,3,7,10-15H2. The molecule has 3 heterocycles. The van der Waals surface area contributed by atoms with Crippen LogP contribution >= 0.6 is 0 Å². The van der Waals surface area contributed by atoms with E-state index in [9.17, 15) is 14.4 Å². The van der Waals surface area contributed by atoms with E-state index < -0.39 is 5.97 Å². The highest BCUT2D eigenvalue weighted by molar-refractivity contribution is 6.03. The first-order chi connectivity index (χ1) is 14.6. The fourth-order valence-electron chi connectivity index (χ4n) is 3.69. The lowest BCUT2D eigenvalue weighted by molar-refractivity contribution is -0.134. The number of esters is 1. The van der Waals surface area contributed by atoms with Crippen molar-refractivity contribution in [2.45, 2.75) is 12.8 Å². The van der Waals surface area contributed by atoms with Gasteiger partial charge in [0.2, 0.25) is 11.9 Å². The molecule has 9 nitrogen and oxygen atoms in total. The second-order valence-corrected chi connectivity index (χ2v) is 7.16. The van der Waals surface area contributed by atoms with Crippen LogP contribution < -0.4 is 9.80 Å². The van der Waals surface area contributed by atoms with Gasteiger partial charge in [0.05, 0.1) is 11.3 Å². The van der Waals surface area contributed by atoms with E-state index in [4.69, 9.17) is 4.74 Å². The molecule has 156 valence electrons. The molecule has 30 heavy (non-hydrogen) atoms. The highest BCUT2D eigenvalue weighted by atomic mass is 16.5. The van der Waals surface area contributed by atoms with Crippen molar-refractivity contribution in [2.75, 3.05) is 49.1 Å². The Morgan fingerprint density at radius 3 is 2.40 bits per heavy atom. The first-order valence-corrected chi connectivity index (χ1v) is 10.00. The number of nitrogens with zero attached hydrogens (tertiary/aromatic N) is 5. The van der Waals surface area contributed by atoms with Crippen LogP contribution in [0.25, 0.3) is 0 Å². The molecular formula is C21H23N5O4. The Kier molecular flexibility index (Phi) is 5.87. The molecule has 4 rings (SSSR count). The van der Waals surface area contributed by atoms with Crippen LogP contribution in [0.3, 0.4) is 0 Å². The molecule has 0 saturated carbocycles. The summed E-state index contributed by atoms with van der Waals surface area (Å²) in [4.78, 5) is 50.9. The summed E-state index contributed by atoms with van der Waals surface area (Å²) < 4.78 is 5.28. The molecule has 0 spiro atoms. The van der Waals surface area contributed by atoms with Gasteiger partial charge in [0.1, 0.15) is 0 Å². The van der Waals surface area contributed by atoms with Crippen molar-refractivity contribution in [3.8, 4) is 0 Å². The molecule has 2 saturated heterocycles. The SMILES string of the molecule is O=C(OCC(=O)N1CCN(c2ncccn2)CC1)c1ccccc1N1CCCC1=O. The predicted octanol–water partition coefficient (Wildman–Crippen LogP) is 1.11. The van der Waals surface area contributed by atoms with Gasteiger partial charge in [-0.25, -0.2) is 14.8 Å². The molecule has 1 aromatic carbocycles. The smallest absolute Gasteiger partial charge is 0.340 e. The number of hydrogen-bond donors (Lipinski definition) is 0. The zero-order valence-corrected chi connectivity index (χ0v) is 16.6. The minimum atomic E-state index is -0.602. The summed E-state index contributed by atoms with van der Waals surface area (Å²) >= 11 is 0. The molecule has 2 amide bonds. The molecule has 2 aromatic rings. The zero-order valence-electron chi connectivity index (χ0n) is 16.6. The van der Waals surface area contributed by atoms with Gasteiger partial charge in [0.25, 0.3) is 5.91 Å². The minimum Gasteiger partial charge on any atom is -0.452 e. The van der Waals surface area contributed by atoms with Gasteiger partial charge in [0.15, 0.2) is 6.61 Å². The van der Waals surface area contributed by atoms with Gasteiger partial charge in [-0.2, -0.15) is 0 Å². The highest BCUT2D eigenvalue weighted by Crippen LogP contribution is 2.26. The van der Waals surface area contributed by atoms with Crippen molar-refractivity contribution in [1.82, 2.24) is 14.9 Å². The van der Waals surface area contributed by atoms with Crippen molar-refractivity contribution in [2.24, 2.45) is 0 Å². The van der Waals surface area contributed by atoms with Crippen molar-refractivity contribution in [1.29, 1.82) is 0 Å². The van der Waals surface area contributed by atoms with Crippen LogP contribution in [-0.2, 0) is 14.3 Å². The zero-order chi connectivity index (χ0) is 20.9. The van der Waals surface area contributed by atoms with E-state index in [1.54, 1.807) is 52.5 Å². The molecule has 1 aromatic heterocycles. The van der Waals surface area contributed by atoms with Gasteiger partial charge in [-0.1, -0.05) is 12.1 Å². The van der Waals surface area contributed by atoms with Crippen molar-refractivity contribution in [3.05, 3.63) is 48.3 Å². The third kappa shape index (κ3) is 4.24. The number of aromatic nitrogens is 2. The Labute approximate surface area is 174 Å². The number of hydrogen-bond acceptors (Lipinski definition) is 7. The van der Waals surface area contributed by atoms with Gasteiger partial charge in [0, 0.05) is 51.5 Å². The molecule has 2 aliphatic heterocycles. The maximum Gasteiger partial charge on any atom is 0.340 e. The lowest BCUT2D eigenvalue weighted by atomic mass is 10.1. The van der Waals surface area contributed by atoms with Crippen molar-refractivity contribution in [3.63, 3.8) is 0 Å². The summed E-state index contributed by atoms with van der Waals surface area (Å²) in [6.45, 7) is 2.49. The largest absolute Gasteiger partial charge is 0.452 e. The minimum absolute atomic E-state index is 0.00778. The lowest BCUT2D eigenvalue weighted by Crippen LogP contribution is -2.50. The molecular weight excluding hydrogens is 386 g/mol. The Hall–Kier alpha value is -3.49. The summed E-state index contributed by atoms with van der Waals surface area (Å²) in [7, 11) is 0. The number of ether oxygens (including phenoxy) is 1. The Morgan fingerprint density at radius 1 is 0.967 bits per heavy atom. The number of piperazine rings is 1.